The van der Waals surface area contributed by atoms with Crippen LogP contribution in [0.15, 0.2) is 72.6 Å². The van der Waals surface area contributed by atoms with Gasteiger partial charge in [-0.25, -0.2) is 14.6 Å². The molecule has 1 saturated heterocycles. The van der Waals surface area contributed by atoms with Gasteiger partial charge in [-0.3, -0.25) is 4.79 Å². The van der Waals surface area contributed by atoms with E-state index >= 15 is 0 Å². The van der Waals surface area contributed by atoms with Gasteiger partial charge in [0.15, 0.2) is 5.65 Å². The van der Waals surface area contributed by atoms with Crippen molar-refractivity contribution in [2.45, 2.75) is 31.7 Å². The van der Waals surface area contributed by atoms with Gasteiger partial charge >= 0.3 is 0 Å². The highest BCUT2D eigenvalue weighted by Gasteiger charge is 2.31. The number of carbonyl (C=O) groups is 1. The van der Waals surface area contributed by atoms with Gasteiger partial charge in [0.2, 0.25) is 0 Å². The predicted molar refractivity (Wildman–Crippen MR) is 143 cm³/mol. The molecule has 9 nitrogen and oxygen atoms in total. The van der Waals surface area contributed by atoms with Crippen LogP contribution in [0.25, 0.3) is 22.3 Å². The maximum atomic E-state index is 13.1. The van der Waals surface area contributed by atoms with Crippen LogP contribution in [0.5, 0.6) is 11.5 Å². The minimum atomic E-state index is -0.205. The summed E-state index contributed by atoms with van der Waals surface area (Å²) in [7, 11) is 0. The van der Waals surface area contributed by atoms with Crippen molar-refractivity contribution < 1.29 is 9.53 Å². The van der Waals surface area contributed by atoms with Crippen LogP contribution in [0.1, 0.15) is 31.7 Å². The second-order valence-electron chi connectivity index (χ2n) is 9.77. The molecule has 4 aromatic rings. The van der Waals surface area contributed by atoms with Crippen molar-refractivity contribution in [1.29, 1.82) is 5.26 Å². The van der Waals surface area contributed by atoms with Crippen LogP contribution in [0.4, 0.5) is 5.82 Å². The second-order valence-corrected chi connectivity index (χ2v) is 9.77. The molecule has 0 bridgehead atoms. The fourth-order valence-electron chi connectivity index (χ4n) is 4.92. The van der Waals surface area contributed by atoms with E-state index in [1.807, 2.05) is 65.4 Å². The maximum absolute atomic E-state index is 13.1. The SMILES string of the molecule is N#C/C(=C\C1CC1)C(=O)N1CCC[C@H](n2nc(-c3ccc(Oc4ccccc4)cc3)c3c(N)ncnc32)C1. The van der Waals surface area contributed by atoms with Crippen molar-refractivity contribution in [3.8, 4) is 28.8 Å². The minimum Gasteiger partial charge on any atom is -0.457 e. The van der Waals surface area contributed by atoms with Gasteiger partial charge < -0.3 is 15.4 Å². The molecule has 1 amide bonds. The van der Waals surface area contributed by atoms with Crippen LogP contribution in [-0.4, -0.2) is 43.6 Å². The highest BCUT2D eigenvalue weighted by molar-refractivity contribution is 5.99. The largest absolute Gasteiger partial charge is 0.457 e. The number of aromatic nitrogens is 4. The summed E-state index contributed by atoms with van der Waals surface area (Å²) in [5.41, 5.74) is 8.73. The highest BCUT2D eigenvalue weighted by atomic mass is 16.5. The Morgan fingerprint density at radius 1 is 1.05 bits per heavy atom. The molecule has 6 rings (SSSR count). The third-order valence-electron chi connectivity index (χ3n) is 7.03. The number of rotatable bonds is 6. The Morgan fingerprint density at radius 3 is 2.55 bits per heavy atom. The first-order valence-corrected chi connectivity index (χ1v) is 12.8. The molecular formula is C29H27N7O2. The number of piperidine rings is 1. The molecule has 2 fully saturated rings. The summed E-state index contributed by atoms with van der Waals surface area (Å²) < 4.78 is 7.80. The molecule has 190 valence electrons. The van der Waals surface area contributed by atoms with Gasteiger partial charge in [0.1, 0.15) is 41.0 Å². The van der Waals surface area contributed by atoms with Crippen LogP contribution < -0.4 is 10.5 Å². The summed E-state index contributed by atoms with van der Waals surface area (Å²) in [5, 5.41) is 15.2. The fraction of sp³-hybridized carbons (Fsp3) is 0.276. The molecule has 9 heteroatoms. The summed E-state index contributed by atoms with van der Waals surface area (Å²) in [6, 6.07) is 19.3. The number of para-hydroxylation sites is 1. The van der Waals surface area contributed by atoms with Crippen LogP contribution >= 0.6 is 0 Å². The Morgan fingerprint density at radius 2 is 1.82 bits per heavy atom. The Bertz CT molecular complexity index is 1550. The van der Waals surface area contributed by atoms with E-state index in [-0.39, 0.29) is 17.5 Å². The summed E-state index contributed by atoms with van der Waals surface area (Å²) in [6.45, 7) is 1.07. The number of fused-ring (bicyclic) bond motifs is 1. The number of nitrogens with two attached hydrogens (primary N) is 1. The highest BCUT2D eigenvalue weighted by Crippen LogP contribution is 2.35. The van der Waals surface area contributed by atoms with E-state index in [4.69, 9.17) is 15.6 Å². The Kier molecular flexibility index (Phi) is 6.22. The van der Waals surface area contributed by atoms with E-state index in [2.05, 4.69) is 16.0 Å². The number of hydrogen-bond donors (Lipinski definition) is 1. The number of nitrogen functional groups attached to an aromatic ring is 1. The smallest absolute Gasteiger partial charge is 0.264 e. The molecule has 1 atom stereocenters. The molecule has 0 spiro atoms. The second kappa shape index (κ2) is 9.98. The normalized spacial score (nSPS) is 17.8. The van der Waals surface area contributed by atoms with E-state index < -0.39 is 0 Å². The van der Waals surface area contributed by atoms with E-state index in [0.29, 0.717) is 47.3 Å². The van der Waals surface area contributed by atoms with Crippen LogP contribution in [0, 0.1) is 17.2 Å². The topological polar surface area (TPSA) is 123 Å². The van der Waals surface area contributed by atoms with Gasteiger partial charge in [0, 0.05) is 18.7 Å². The lowest BCUT2D eigenvalue weighted by Gasteiger charge is -2.32. The summed E-state index contributed by atoms with van der Waals surface area (Å²) in [6.07, 6.45) is 7.00. The molecule has 1 aliphatic carbocycles. The van der Waals surface area contributed by atoms with Crippen molar-refractivity contribution in [3.63, 3.8) is 0 Å². The number of ether oxygens (including phenoxy) is 1. The summed E-state index contributed by atoms with van der Waals surface area (Å²) in [5.74, 6) is 1.97. The predicted octanol–water partition coefficient (Wildman–Crippen LogP) is 4.89. The molecule has 3 heterocycles. The number of nitriles is 1. The Balaban J connectivity index is 1.30. The van der Waals surface area contributed by atoms with Crippen molar-refractivity contribution in [1.82, 2.24) is 24.6 Å². The van der Waals surface area contributed by atoms with Crippen molar-refractivity contribution in [2.75, 3.05) is 18.8 Å². The first-order chi connectivity index (χ1) is 18.6. The molecule has 0 unspecified atom stereocenters. The zero-order valence-electron chi connectivity index (χ0n) is 20.8. The van der Waals surface area contributed by atoms with Crippen LogP contribution in [0.3, 0.4) is 0 Å². The van der Waals surface area contributed by atoms with Gasteiger partial charge in [0.05, 0.1) is 11.4 Å². The van der Waals surface area contributed by atoms with Gasteiger partial charge in [-0.05, 0) is 68.0 Å². The van der Waals surface area contributed by atoms with E-state index in [1.54, 1.807) is 4.90 Å². The van der Waals surface area contributed by atoms with Gasteiger partial charge in [0.25, 0.3) is 5.91 Å². The zero-order chi connectivity index (χ0) is 26.1. The average Bonchev–Trinajstić information content (AvgIpc) is 3.69. The number of benzene rings is 2. The van der Waals surface area contributed by atoms with E-state index in [1.165, 1.54) is 6.33 Å². The average molecular weight is 506 g/mol. The lowest BCUT2D eigenvalue weighted by molar-refractivity contribution is -0.128. The molecule has 1 aliphatic heterocycles. The van der Waals surface area contributed by atoms with Crippen LogP contribution in [-0.2, 0) is 4.79 Å². The maximum Gasteiger partial charge on any atom is 0.264 e. The number of amides is 1. The van der Waals surface area contributed by atoms with E-state index in [0.717, 1.165) is 37.0 Å². The Labute approximate surface area is 220 Å². The lowest BCUT2D eigenvalue weighted by Crippen LogP contribution is -2.41. The lowest BCUT2D eigenvalue weighted by atomic mass is 10.0. The minimum absolute atomic E-state index is 0.0974. The molecule has 2 aliphatic rings. The fourth-order valence-corrected chi connectivity index (χ4v) is 4.92. The number of anilines is 1. The van der Waals surface area contributed by atoms with Gasteiger partial charge in [-0.15, -0.1) is 0 Å². The van der Waals surface area contributed by atoms with Crippen molar-refractivity contribution >= 4 is 22.8 Å². The monoisotopic (exact) mass is 505 g/mol. The first-order valence-electron chi connectivity index (χ1n) is 12.8. The van der Waals surface area contributed by atoms with Gasteiger partial charge in [-0.1, -0.05) is 24.3 Å². The summed E-state index contributed by atoms with van der Waals surface area (Å²) >= 11 is 0. The number of allylic oxidation sites excluding steroid dienone is 1. The number of nitrogens with zero attached hydrogens (tertiary/aromatic N) is 6. The van der Waals surface area contributed by atoms with Crippen molar-refractivity contribution in [3.05, 3.63) is 72.6 Å². The number of carbonyl (C=O) groups excluding carboxylic acids is 1. The first kappa shape index (κ1) is 23.7. The molecule has 38 heavy (non-hydrogen) atoms. The van der Waals surface area contributed by atoms with Gasteiger partial charge in [-0.2, -0.15) is 10.4 Å². The van der Waals surface area contributed by atoms with Crippen LogP contribution in [0.2, 0.25) is 0 Å². The van der Waals surface area contributed by atoms with Crippen molar-refractivity contribution in [2.24, 2.45) is 5.92 Å². The number of hydrogen-bond acceptors (Lipinski definition) is 7. The molecule has 0 radical (unpaired) electrons. The third-order valence-corrected chi connectivity index (χ3v) is 7.03. The third kappa shape index (κ3) is 4.68. The number of likely N-dealkylation sites (tertiary alicyclic amines) is 1. The van der Waals surface area contributed by atoms with E-state index in [9.17, 15) is 10.1 Å². The molecule has 2 aromatic carbocycles. The zero-order valence-corrected chi connectivity index (χ0v) is 20.8. The molecule has 1 saturated carbocycles. The quantitative estimate of drug-likeness (QED) is 0.292. The standard InChI is InChI=1S/C29H27N7O2/c30-16-21(15-19-8-9-19)29(37)35-14-4-5-22(17-35)36-28-25(27(31)32-18-33-28)26(34-36)20-10-12-24(13-11-20)38-23-6-2-1-3-7-23/h1-3,6-7,10-13,15,18-19,22H,4-5,8-9,14,17H2,(H2,31,32,33)/b21-15+/t22-/m0/s1. The molecule has 2 aromatic heterocycles. The molecule has 2 N–H and O–H groups in total. The summed E-state index contributed by atoms with van der Waals surface area (Å²) in [4.78, 5) is 23.6. The Hall–Kier alpha value is -4.71. The molecular weight excluding hydrogens is 478 g/mol.